The lowest BCUT2D eigenvalue weighted by Crippen LogP contribution is -2.46. The van der Waals surface area contributed by atoms with Crippen LogP contribution in [0.3, 0.4) is 0 Å². The molecule has 0 saturated heterocycles. The van der Waals surface area contributed by atoms with E-state index in [-0.39, 0.29) is 17.1 Å². The van der Waals surface area contributed by atoms with Crippen LogP contribution in [0.15, 0.2) is 23.1 Å². The molecule has 1 amide bonds. The number of hydrogen-bond donors (Lipinski definition) is 2. The zero-order chi connectivity index (χ0) is 17.8. The van der Waals surface area contributed by atoms with E-state index in [2.05, 4.69) is 5.32 Å². The average molecular weight is 342 g/mol. The Kier molecular flexibility index (Phi) is 6.33. The van der Waals surface area contributed by atoms with Crippen LogP contribution in [0.2, 0.25) is 0 Å². The molecule has 0 unspecified atom stereocenters. The molecular formula is C16H26N2O4S. The molecule has 0 heterocycles. The molecule has 1 aromatic rings. The first-order chi connectivity index (χ1) is 10.5. The molecule has 0 bridgehead atoms. The molecule has 130 valence electrons. The van der Waals surface area contributed by atoms with Crippen LogP contribution in [0.4, 0.5) is 0 Å². The third-order valence-corrected chi connectivity index (χ3v) is 5.52. The lowest BCUT2D eigenvalue weighted by atomic mass is 10.1. The van der Waals surface area contributed by atoms with E-state index in [0.29, 0.717) is 18.5 Å². The molecule has 0 aliphatic carbocycles. The van der Waals surface area contributed by atoms with E-state index in [1.54, 1.807) is 32.9 Å². The van der Waals surface area contributed by atoms with Gasteiger partial charge in [0.1, 0.15) is 0 Å². The predicted octanol–water partition coefficient (Wildman–Crippen LogP) is 1.53. The number of carbonyl (C=O) groups is 1. The molecule has 0 radical (unpaired) electrons. The lowest BCUT2D eigenvalue weighted by molar-refractivity contribution is 0.0869. The van der Waals surface area contributed by atoms with E-state index >= 15 is 0 Å². The number of amides is 1. The van der Waals surface area contributed by atoms with Crippen molar-refractivity contribution in [1.82, 2.24) is 9.62 Å². The molecule has 23 heavy (non-hydrogen) atoms. The topological polar surface area (TPSA) is 86.7 Å². The molecule has 6 nitrogen and oxygen atoms in total. The van der Waals surface area contributed by atoms with E-state index < -0.39 is 21.5 Å². The van der Waals surface area contributed by atoms with Gasteiger partial charge in [0.05, 0.1) is 17.0 Å². The molecule has 2 N–H and O–H groups in total. The highest BCUT2D eigenvalue weighted by Crippen LogP contribution is 2.21. The maximum Gasteiger partial charge on any atom is 0.251 e. The smallest absolute Gasteiger partial charge is 0.251 e. The fourth-order valence-corrected chi connectivity index (χ4v) is 3.55. The number of nitrogens with zero attached hydrogens (tertiary/aromatic N) is 1. The SMILES string of the molecule is CCCN(C)S(=O)(=O)c1cc(C(=O)NC(C)(C)CO)ccc1C. The minimum Gasteiger partial charge on any atom is -0.394 e. The summed E-state index contributed by atoms with van der Waals surface area (Å²) in [5.74, 6) is -0.418. The lowest BCUT2D eigenvalue weighted by Gasteiger charge is -2.24. The van der Waals surface area contributed by atoms with Crippen molar-refractivity contribution in [3.8, 4) is 0 Å². The standard InChI is InChI=1S/C16H26N2O4S/c1-6-9-18(5)23(21,22)14-10-13(8-7-12(14)2)15(20)17-16(3,4)11-19/h7-8,10,19H,6,9,11H2,1-5H3,(H,17,20). The van der Waals surface area contributed by atoms with Crippen LogP contribution >= 0.6 is 0 Å². The van der Waals surface area contributed by atoms with Crippen LogP contribution in [0.1, 0.15) is 43.1 Å². The van der Waals surface area contributed by atoms with Gasteiger partial charge in [0, 0.05) is 19.2 Å². The second-order valence-corrected chi connectivity index (χ2v) is 8.32. The van der Waals surface area contributed by atoms with Gasteiger partial charge in [0.2, 0.25) is 10.0 Å². The summed E-state index contributed by atoms with van der Waals surface area (Å²) < 4.78 is 26.5. The van der Waals surface area contributed by atoms with Gasteiger partial charge in [-0.25, -0.2) is 12.7 Å². The Labute approximate surface area is 138 Å². The van der Waals surface area contributed by atoms with Crippen LogP contribution in [-0.4, -0.2) is 49.5 Å². The van der Waals surface area contributed by atoms with Crippen molar-refractivity contribution in [2.75, 3.05) is 20.2 Å². The Morgan fingerprint density at radius 3 is 2.48 bits per heavy atom. The maximum atomic E-state index is 12.6. The van der Waals surface area contributed by atoms with Crippen molar-refractivity contribution in [1.29, 1.82) is 0 Å². The van der Waals surface area contributed by atoms with Crippen LogP contribution in [-0.2, 0) is 10.0 Å². The van der Waals surface area contributed by atoms with Crippen molar-refractivity contribution in [2.24, 2.45) is 0 Å². The Balaban J connectivity index is 3.21. The van der Waals surface area contributed by atoms with E-state index in [9.17, 15) is 18.3 Å². The fraction of sp³-hybridized carbons (Fsp3) is 0.562. The zero-order valence-electron chi connectivity index (χ0n) is 14.4. The normalized spacial score (nSPS) is 12.5. The number of benzene rings is 1. The van der Waals surface area contributed by atoms with Crippen molar-refractivity contribution >= 4 is 15.9 Å². The van der Waals surface area contributed by atoms with Crippen molar-refractivity contribution < 1.29 is 18.3 Å². The van der Waals surface area contributed by atoms with E-state index in [0.717, 1.165) is 0 Å². The van der Waals surface area contributed by atoms with Crippen LogP contribution in [0.5, 0.6) is 0 Å². The Bertz CT molecular complexity index is 669. The summed E-state index contributed by atoms with van der Waals surface area (Å²) in [6.07, 6.45) is 0.708. The molecule has 7 heteroatoms. The number of carbonyl (C=O) groups excluding carboxylic acids is 1. The third-order valence-electron chi connectivity index (χ3n) is 3.52. The monoisotopic (exact) mass is 342 g/mol. The summed E-state index contributed by atoms with van der Waals surface area (Å²) in [7, 11) is -2.11. The number of hydrogen-bond acceptors (Lipinski definition) is 4. The van der Waals surface area contributed by atoms with Gasteiger partial charge in [-0.3, -0.25) is 4.79 Å². The molecule has 0 aliphatic heterocycles. The number of sulfonamides is 1. The summed E-state index contributed by atoms with van der Waals surface area (Å²) in [6, 6.07) is 4.59. The Hall–Kier alpha value is -1.44. The average Bonchev–Trinajstić information content (AvgIpc) is 2.47. The van der Waals surface area contributed by atoms with Crippen LogP contribution in [0.25, 0.3) is 0 Å². The number of rotatable bonds is 7. The van der Waals surface area contributed by atoms with Gasteiger partial charge in [0.25, 0.3) is 5.91 Å². The summed E-state index contributed by atoms with van der Waals surface area (Å²) >= 11 is 0. The second kappa shape index (κ2) is 7.42. The highest BCUT2D eigenvalue weighted by molar-refractivity contribution is 7.89. The van der Waals surface area contributed by atoms with Crippen molar-refractivity contribution in [3.63, 3.8) is 0 Å². The van der Waals surface area contributed by atoms with Gasteiger partial charge >= 0.3 is 0 Å². The molecule has 0 aliphatic rings. The third kappa shape index (κ3) is 4.76. The highest BCUT2D eigenvalue weighted by atomic mass is 32.2. The van der Waals surface area contributed by atoms with Gasteiger partial charge in [0.15, 0.2) is 0 Å². The molecule has 1 rings (SSSR count). The Morgan fingerprint density at radius 2 is 1.96 bits per heavy atom. The van der Waals surface area contributed by atoms with Gasteiger partial charge < -0.3 is 10.4 Å². The van der Waals surface area contributed by atoms with Crippen molar-refractivity contribution in [3.05, 3.63) is 29.3 Å². The molecule has 0 aromatic heterocycles. The summed E-state index contributed by atoms with van der Waals surface area (Å²) in [4.78, 5) is 12.4. The number of nitrogens with one attached hydrogen (secondary N) is 1. The van der Waals surface area contributed by atoms with Gasteiger partial charge in [-0.05, 0) is 44.9 Å². The first-order valence-electron chi connectivity index (χ1n) is 7.55. The number of aryl methyl sites for hydroxylation is 1. The highest BCUT2D eigenvalue weighted by Gasteiger charge is 2.25. The molecule has 1 aromatic carbocycles. The quantitative estimate of drug-likeness (QED) is 0.787. The number of aliphatic hydroxyl groups is 1. The summed E-state index contributed by atoms with van der Waals surface area (Å²) in [5.41, 5.74) is 0.0616. The van der Waals surface area contributed by atoms with E-state index in [1.807, 2.05) is 6.92 Å². The summed E-state index contributed by atoms with van der Waals surface area (Å²) in [6.45, 7) is 7.17. The fourth-order valence-electron chi connectivity index (χ4n) is 2.04. The molecule has 0 saturated carbocycles. The predicted molar refractivity (Wildman–Crippen MR) is 89.9 cm³/mol. The largest absolute Gasteiger partial charge is 0.394 e. The van der Waals surface area contributed by atoms with Gasteiger partial charge in [-0.15, -0.1) is 0 Å². The molecule has 0 spiro atoms. The first kappa shape index (κ1) is 19.6. The summed E-state index contributed by atoms with van der Waals surface area (Å²) in [5, 5.41) is 11.9. The molecular weight excluding hydrogens is 316 g/mol. The van der Waals surface area contributed by atoms with Crippen LogP contribution in [0, 0.1) is 6.92 Å². The van der Waals surface area contributed by atoms with E-state index in [4.69, 9.17) is 0 Å². The minimum absolute atomic E-state index is 0.128. The van der Waals surface area contributed by atoms with Crippen LogP contribution < -0.4 is 5.32 Å². The number of aliphatic hydroxyl groups excluding tert-OH is 1. The maximum absolute atomic E-state index is 12.6. The van der Waals surface area contributed by atoms with Gasteiger partial charge in [-0.1, -0.05) is 13.0 Å². The zero-order valence-corrected chi connectivity index (χ0v) is 15.2. The minimum atomic E-state index is -3.63. The molecule has 0 atom stereocenters. The molecule has 0 fully saturated rings. The first-order valence-corrected chi connectivity index (χ1v) is 8.99. The van der Waals surface area contributed by atoms with Gasteiger partial charge in [-0.2, -0.15) is 0 Å². The Morgan fingerprint density at radius 1 is 1.35 bits per heavy atom. The van der Waals surface area contributed by atoms with E-state index in [1.165, 1.54) is 17.4 Å². The van der Waals surface area contributed by atoms with Crippen molar-refractivity contribution in [2.45, 2.75) is 44.6 Å². The second-order valence-electron chi connectivity index (χ2n) is 6.30.